The van der Waals surface area contributed by atoms with E-state index in [4.69, 9.17) is 0 Å². The number of likely N-dealkylation sites (tertiary alicyclic amines) is 1. The first-order valence-electron chi connectivity index (χ1n) is 9.35. The maximum absolute atomic E-state index is 12.7. The van der Waals surface area contributed by atoms with Crippen LogP contribution in [0.15, 0.2) is 36.4 Å². The minimum absolute atomic E-state index is 0.198. The molecule has 2 aromatic rings. The summed E-state index contributed by atoms with van der Waals surface area (Å²) in [6.45, 7) is 4.02. The average molecular weight is 322 g/mol. The number of rotatable bonds is 2. The summed E-state index contributed by atoms with van der Waals surface area (Å²) in [7, 11) is 0. The zero-order valence-corrected chi connectivity index (χ0v) is 14.3. The Hall–Kier alpha value is -1.87. The van der Waals surface area contributed by atoms with Gasteiger partial charge in [-0.05, 0) is 79.6 Å². The van der Waals surface area contributed by atoms with Crippen molar-refractivity contribution in [2.24, 2.45) is 0 Å². The van der Waals surface area contributed by atoms with Crippen LogP contribution in [-0.4, -0.2) is 37.0 Å². The van der Waals surface area contributed by atoms with Crippen LogP contribution in [0.1, 0.15) is 53.9 Å². The predicted molar refractivity (Wildman–Crippen MR) is 98.5 cm³/mol. The highest BCUT2D eigenvalue weighted by Gasteiger charge is 2.20. The van der Waals surface area contributed by atoms with Crippen molar-refractivity contribution < 1.29 is 4.79 Å². The van der Waals surface area contributed by atoms with Crippen LogP contribution in [0.5, 0.6) is 0 Å². The highest BCUT2D eigenvalue weighted by Crippen LogP contribution is 2.32. The lowest BCUT2D eigenvalue weighted by molar-refractivity contribution is 0.0724. The van der Waals surface area contributed by atoms with Crippen molar-refractivity contribution in [3.63, 3.8) is 0 Å². The Morgan fingerprint density at radius 3 is 2.58 bits per heavy atom. The second kappa shape index (κ2) is 6.94. The molecule has 24 heavy (non-hydrogen) atoms. The maximum Gasteiger partial charge on any atom is 0.253 e. The van der Waals surface area contributed by atoms with Crippen LogP contribution in [0.4, 0.5) is 0 Å². The molecule has 1 N–H and O–H groups in total. The molecular weight excluding hydrogens is 296 g/mol. The van der Waals surface area contributed by atoms with Gasteiger partial charge in [-0.3, -0.25) is 4.79 Å². The molecule has 0 saturated carbocycles. The standard InChI is InChI=1S/C21H26N2O/c24-21(23-13-2-1-3-14-23)18-7-8-20-17(15-18)5-4-6-19(20)16-9-11-22-12-10-16/h4-8,15-16,22H,1-3,9-14H2. The SMILES string of the molecule is O=C(c1ccc2c(C3CCNCC3)cccc2c1)N1CCCCC1. The van der Waals surface area contributed by atoms with Gasteiger partial charge >= 0.3 is 0 Å². The highest BCUT2D eigenvalue weighted by molar-refractivity contribution is 5.99. The fourth-order valence-corrected chi connectivity index (χ4v) is 4.21. The smallest absolute Gasteiger partial charge is 0.253 e. The van der Waals surface area contributed by atoms with Gasteiger partial charge < -0.3 is 10.2 Å². The van der Waals surface area contributed by atoms with E-state index >= 15 is 0 Å². The zero-order valence-electron chi connectivity index (χ0n) is 14.3. The first kappa shape index (κ1) is 15.6. The lowest BCUT2D eigenvalue weighted by atomic mass is 9.86. The number of amides is 1. The third-order valence-electron chi connectivity index (χ3n) is 5.58. The third kappa shape index (κ3) is 3.05. The van der Waals surface area contributed by atoms with Crippen LogP contribution in [0.25, 0.3) is 10.8 Å². The second-order valence-corrected chi connectivity index (χ2v) is 7.16. The quantitative estimate of drug-likeness (QED) is 0.908. The molecule has 126 valence electrons. The molecule has 2 saturated heterocycles. The Kier molecular flexibility index (Phi) is 4.52. The van der Waals surface area contributed by atoms with Gasteiger partial charge in [0, 0.05) is 18.7 Å². The lowest BCUT2D eigenvalue weighted by Crippen LogP contribution is -2.35. The monoisotopic (exact) mass is 322 g/mol. The van der Waals surface area contributed by atoms with Gasteiger partial charge in [-0.25, -0.2) is 0 Å². The van der Waals surface area contributed by atoms with Crippen molar-refractivity contribution in [1.82, 2.24) is 10.2 Å². The molecule has 2 aromatic carbocycles. The molecule has 3 heteroatoms. The molecular formula is C21H26N2O. The van der Waals surface area contributed by atoms with Crippen LogP contribution in [0.3, 0.4) is 0 Å². The molecule has 0 radical (unpaired) electrons. The maximum atomic E-state index is 12.7. The third-order valence-corrected chi connectivity index (χ3v) is 5.58. The van der Waals surface area contributed by atoms with Crippen LogP contribution < -0.4 is 5.32 Å². The Bertz CT molecular complexity index is 728. The van der Waals surface area contributed by atoms with Crippen molar-refractivity contribution in [1.29, 1.82) is 0 Å². The molecule has 0 aromatic heterocycles. The van der Waals surface area contributed by atoms with Gasteiger partial charge in [0.15, 0.2) is 0 Å². The van der Waals surface area contributed by atoms with Crippen LogP contribution in [-0.2, 0) is 0 Å². The van der Waals surface area contributed by atoms with Crippen molar-refractivity contribution in [3.05, 3.63) is 47.5 Å². The largest absolute Gasteiger partial charge is 0.339 e. The van der Waals surface area contributed by atoms with Crippen LogP contribution >= 0.6 is 0 Å². The van der Waals surface area contributed by atoms with Gasteiger partial charge in [0.05, 0.1) is 0 Å². The normalized spacial score (nSPS) is 19.6. The first-order chi connectivity index (χ1) is 11.8. The molecule has 2 heterocycles. The van der Waals surface area contributed by atoms with Gasteiger partial charge in [0.1, 0.15) is 0 Å². The van der Waals surface area contributed by atoms with E-state index in [0.717, 1.165) is 44.6 Å². The Morgan fingerprint density at radius 2 is 1.79 bits per heavy atom. The summed E-state index contributed by atoms with van der Waals surface area (Å²) in [6, 6.07) is 12.9. The number of fused-ring (bicyclic) bond motifs is 1. The molecule has 1 amide bonds. The van der Waals surface area contributed by atoms with Crippen molar-refractivity contribution >= 4 is 16.7 Å². The van der Waals surface area contributed by atoms with Gasteiger partial charge in [-0.15, -0.1) is 0 Å². The Balaban J connectivity index is 1.64. The minimum Gasteiger partial charge on any atom is -0.339 e. The highest BCUT2D eigenvalue weighted by atomic mass is 16.2. The number of nitrogens with zero attached hydrogens (tertiary/aromatic N) is 1. The lowest BCUT2D eigenvalue weighted by Gasteiger charge is -2.27. The summed E-state index contributed by atoms with van der Waals surface area (Å²) in [5, 5.41) is 5.96. The molecule has 0 spiro atoms. The second-order valence-electron chi connectivity index (χ2n) is 7.16. The number of hydrogen-bond acceptors (Lipinski definition) is 2. The van der Waals surface area contributed by atoms with E-state index < -0.39 is 0 Å². The van der Waals surface area contributed by atoms with E-state index in [1.807, 2.05) is 11.0 Å². The molecule has 2 aliphatic rings. The van der Waals surface area contributed by atoms with E-state index in [1.165, 1.54) is 35.6 Å². The summed E-state index contributed by atoms with van der Waals surface area (Å²) in [5.41, 5.74) is 2.29. The number of carbonyl (C=O) groups is 1. The zero-order chi connectivity index (χ0) is 16.4. The molecule has 0 aliphatic carbocycles. The van der Waals surface area contributed by atoms with Gasteiger partial charge in [0.2, 0.25) is 0 Å². The summed E-state index contributed by atoms with van der Waals surface area (Å²) in [5.74, 6) is 0.836. The van der Waals surface area contributed by atoms with E-state index in [9.17, 15) is 4.79 Å². The first-order valence-corrected chi connectivity index (χ1v) is 9.35. The van der Waals surface area contributed by atoms with Gasteiger partial charge in [-0.2, -0.15) is 0 Å². The summed E-state index contributed by atoms with van der Waals surface area (Å²) < 4.78 is 0. The number of benzene rings is 2. The van der Waals surface area contributed by atoms with E-state index in [1.54, 1.807) is 0 Å². The summed E-state index contributed by atoms with van der Waals surface area (Å²) >= 11 is 0. The fraction of sp³-hybridized carbons (Fsp3) is 0.476. The van der Waals surface area contributed by atoms with Crippen molar-refractivity contribution in [2.45, 2.75) is 38.0 Å². The average Bonchev–Trinajstić information content (AvgIpc) is 2.68. The van der Waals surface area contributed by atoms with Gasteiger partial charge in [-0.1, -0.05) is 24.3 Å². The molecule has 2 fully saturated rings. The number of carbonyl (C=O) groups excluding carboxylic acids is 1. The fourth-order valence-electron chi connectivity index (χ4n) is 4.21. The molecule has 0 unspecified atom stereocenters. The van der Waals surface area contributed by atoms with Crippen LogP contribution in [0, 0.1) is 0 Å². The molecule has 3 nitrogen and oxygen atoms in total. The number of piperidine rings is 2. The van der Waals surface area contributed by atoms with E-state index in [0.29, 0.717) is 5.92 Å². The number of nitrogens with one attached hydrogen (secondary N) is 1. The van der Waals surface area contributed by atoms with Gasteiger partial charge in [0.25, 0.3) is 5.91 Å². The Morgan fingerprint density at radius 1 is 1.00 bits per heavy atom. The summed E-state index contributed by atoms with van der Waals surface area (Å²) in [4.78, 5) is 14.8. The number of hydrogen-bond donors (Lipinski definition) is 1. The van der Waals surface area contributed by atoms with E-state index in [2.05, 4.69) is 35.6 Å². The molecule has 0 atom stereocenters. The predicted octanol–water partition coefficient (Wildman–Crippen LogP) is 3.93. The molecule has 0 bridgehead atoms. The van der Waals surface area contributed by atoms with Crippen molar-refractivity contribution in [2.75, 3.05) is 26.2 Å². The molecule has 4 rings (SSSR count). The Labute approximate surface area is 144 Å². The topological polar surface area (TPSA) is 32.3 Å². The van der Waals surface area contributed by atoms with Crippen molar-refractivity contribution in [3.8, 4) is 0 Å². The summed E-state index contributed by atoms with van der Waals surface area (Å²) in [6.07, 6.45) is 5.93. The minimum atomic E-state index is 0.198. The van der Waals surface area contributed by atoms with Crippen LogP contribution in [0.2, 0.25) is 0 Å². The molecule has 2 aliphatic heterocycles. The van der Waals surface area contributed by atoms with E-state index in [-0.39, 0.29) is 5.91 Å².